The zero-order valence-electron chi connectivity index (χ0n) is 15.4. The summed E-state index contributed by atoms with van der Waals surface area (Å²) < 4.78 is 0. The van der Waals surface area contributed by atoms with Crippen molar-refractivity contribution in [3.8, 4) is 0 Å². The van der Waals surface area contributed by atoms with Gasteiger partial charge in [-0.05, 0) is 13.5 Å². The molecule has 3 rings (SSSR count). The van der Waals surface area contributed by atoms with Gasteiger partial charge in [-0.1, -0.05) is 0 Å². The molecule has 0 aromatic carbocycles. The van der Waals surface area contributed by atoms with Crippen molar-refractivity contribution < 1.29 is 9.90 Å². The van der Waals surface area contributed by atoms with Crippen molar-refractivity contribution in [1.82, 2.24) is 24.7 Å². The summed E-state index contributed by atoms with van der Waals surface area (Å²) in [5, 5.41) is 10.9. The van der Waals surface area contributed by atoms with E-state index in [4.69, 9.17) is 0 Å². The maximum absolute atomic E-state index is 12.7. The molecule has 0 unspecified atom stereocenters. The molecule has 1 amide bonds. The van der Waals surface area contributed by atoms with Crippen LogP contribution in [0.25, 0.3) is 0 Å². The summed E-state index contributed by atoms with van der Waals surface area (Å²) in [6.07, 6.45) is 3.73. The van der Waals surface area contributed by atoms with Gasteiger partial charge in [-0.15, -0.1) is 0 Å². The third-order valence-corrected chi connectivity index (χ3v) is 5.02. The number of likely N-dealkylation sites (N-methyl/N-ethyl adjacent to an activating group) is 1. The molecule has 2 aliphatic heterocycles. The van der Waals surface area contributed by atoms with E-state index in [1.807, 2.05) is 14.1 Å². The molecule has 0 aliphatic carbocycles. The molecule has 25 heavy (non-hydrogen) atoms. The monoisotopic (exact) mass is 348 g/mol. The topological polar surface area (TPSA) is 76.0 Å². The molecule has 2 saturated heterocycles. The van der Waals surface area contributed by atoms with E-state index in [0.29, 0.717) is 37.6 Å². The fourth-order valence-electron chi connectivity index (χ4n) is 3.43. The second kappa shape index (κ2) is 7.23. The van der Waals surface area contributed by atoms with E-state index in [2.05, 4.69) is 26.8 Å². The molecule has 8 nitrogen and oxygen atoms in total. The Balaban J connectivity index is 1.58. The number of aliphatic hydroxyl groups is 1. The minimum Gasteiger partial charge on any atom is -0.387 e. The Morgan fingerprint density at radius 3 is 2.44 bits per heavy atom. The Labute approximate surface area is 149 Å². The van der Waals surface area contributed by atoms with E-state index < -0.39 is 5.60 Å². The van der Waals surface area contributed by atoms with Crippen molar-refractivity contribution in [2.45, 2.75) is 12.0 Å². The minimum atomic E-state index is -0.823. The van der Waals surface area contributed by atoms with Gasteiger partial charge in [-0.25, -0.2) is 9.97 Å². The van der Waals surface area contributed by atoms with Crippen molar-refractivity contribution in [1.29, 1.82) is 0 Å². The lowest BCUT2D eigenvalue weighted by molar-refractivity contribution is 0.000517. The van der Waals surface area contributed by atoms with E-state index in [1.165, 1.54) is 0 Å². The van der Waals surface area contributed by atoms with E-state index >= 15 is 0 Å². The summed E-state index contributed by atoms with van der Waals surface area (Å²) in [6.45, 7) is 5.54. The Hall–Kier alpha value is -1.77. The number of likely N-dealkylation sites (tertiary alicyclic amines) is 1. The molecule has 1 N–H and O–H groups in total. The van der Waals surface area contributed by atoms with Gasteiger partial charge in [0, 0.05) is 65.8 Å². The van der Waals surface area contributed by atoms with Gasteiger partial charge < -0.3 is 19.8 Å². The summed E-state index contributed by atoms with van der Waals surface area (Å²) in [4.78, 5) is 29.1. The van der Waals surface area contributed by atoms with Crippen LogP contribution in [0.3, 0.4) is 0 Å². The normalized spacial score (nSPS) is 25.4. The Bertz CT molecular complexity index is 600. The molecule has 0 saturated carbocycles. The number of aromatic nitrogens is 2. The summed E-state index contributed by atoms with van der Waals surface area (Å²) in [6, 6.07) is 0. The van der Waals surface area contributed by atoms with Gasteiger partial charge in [0.15, 0.2) is 0 Å². The number of amides is 1. The first-order chi connectivity index (χ1) is 11.9. The number of piperazine rings is 1. The molecular formula is C17H28N6O2. The van der Waals surface area contributed by atoms with Crippen LogP contribution in [0.15, 0.2) is 12.4 Å². The van der Waals surface area contributed by atoms with E-state index in [0.717, 1.165) is 26.2 Å². The second-order valence-corrected chi connectivity index (χ2v) is 7.45. The summed E-state index contributed by atoms with van der Waals surface area (Å²) in [5.74, 6) is 0.462. The highest BCUT2D eigenvalue weighted by Gasteiger charge is 2.40. The van der Waals surface area contributed by atoms with Crippen molar-refractivity contribution >= 4 is 11.9 Å². The van der Waals surface area contributed by atoms with Gasteiger partial charge in [0.05, 0.1) is 17.7 Å². The zero-order chi connectivity index (χ0) is 18.0. The first kappa shape index (κ1) is 18.0. The fourth-order valence-corrected chi connectivity index (χ4v) is 3.43. The van der Waals surface area contributed by atoms with Gasteiger partial charge >= 0.3 is 0 Å². The lowest BCUT2D eigenvalue weighted by Crippen LogP contribution is -2.52. The highest BCUT2D eigenvalue weighted by molar-refractivity contribution is 5.94. The highest BCUT2D eigenvalue weighted by atomic mass is 16.3. The molecule has 3 heterocycles. The molecule has 138 valence electrons. The average Bonchev–Trinajstić information content (AvgIpc) is 2.98. The fraction of sp³-hybridized carbons (Fsp3) is 0.706. The van der Waals surface area contributed by atoms with Crippen molar-refractivity contribution in [2.75, 3.05) is 71.9 Å². The van der Waals surface area contributed by atoms with Crippen LogP contribution in [0.5, 0.6) is 0 Å². The molecule has 1 aromatic heterocycles. The van der Waals surface area contributed by atoms with Gasteiger partial charge in [0.2, 0.25) is 5.95 Å². The highest BCUT2D eigenvalue weighted by Crippen LogP contribution is 2.24. The van der Waals surface area contributed by atoms with Gasteiger partial charge in [-0.2, -0.15) is 0 Å². The van der Waals surface area contributed by atoms with Crippen LogP contribution in [0.2, 0.25) is 0 Å². The Kier molecular flexibility index (Phi) is 5.21. The largest absolute Gasteiger partial charge is 0.387 e. The van der Waals surface area contributed by atoms with Crippen LogP contribution in [0.4, 0.5) is 5.95 Å². The maximum Gasteiger partial charge on any atom is 0.257 e. The number of anilines is 1. The first-order valence-electron chi connectivity index (χ1n) is 8.78. The number of rotatable bonds is 4. The predicted octanol–water partition coefficient (Wildman–Crippen LogP) is -0.633. The molecule has 2 fully saturated rings. The number of β-amino-alcohol motifs (C(OH)–C–C–N with tert-alkyl or cyclic N) is 1. The summed E-state index contributed by atoms with van der Waals surface area (Å²) in [7, 11) is 5.83. The number of nitrogens with zero attached hydrogens (tertiary/aromatic N) is 6. The van der Waals surface area contributed by atoms with E-state index in [9.17, 15) is 9.90 Å². The third kappa shape index (κ3) is 4.26. The molecule has 2 aliphatic rings. The van der Waals surface area contributed by atoms with Gasteiger partial charge in [0.1, 0.15) is 0 Å². The molecule has 1 aromatic rings. The van der Waals surface area contributed by atoms with E-state index in [1.54, 1.807) is 22.2 Å². The van der Waals surface area contributed by atoms with Crippen LogP contribution in [0.1, 0.15) is 16.8 Å². The summed E-state index contributed by atoms with van der Waals surface area (Å²) in [5.41, 5.74) is -0.356. The van der Waals surface area contributed by atoms with Crippen molar-refractivity contribution in [3.63, 3.8) is 0 Å². The average molecular weight is 348 g/mol. The van der Waals surface area contributed by atoms with Gasteiger partial charge in [0.25, 0.3) is 5.91 Å². The quantitative estimate of drug-likeness (QED) is 0.776. The van der Waals surface area contributed by atoms with Crippen molar-refractivity contribution in [2.24, 2.45) is 0 Å². The lowest BCUT2D eigenvalue weighted by Gasteiger charge is -2.36. The van der Waals surface area contributed by atoms with Crippen LogP contribution in [-0.2, 0) is 0 Å². The zero-order valence-corrected chi connectivity index (χ0v) is 15.4. The standard InChI is InChI=1S/C17H28N6O2/c1-20(2)16-18-10-14(11-19-16)15(24)23-5-4-17(25,13-23)12-22-8-6-21(3)7-9-22/h10-11,25H,4-9,12-13H2,1-3H3/t17-/m1/s1. The molecule has 0 bridgehead atoms. The minimum absolute atomic E-state index is 0.111. The third-order valence-electron chi connectivity index (χ3n) is 5.02. The molecule has 8 heteroatoms. The van der Waals surface area contributed by atoms with Gasteiger partial charge in [-0.3, -0.25) is 9.69 Å². The van der Waals surface area contributed by atoms with Crippen LogP contribution < -0.4 is 4.90 Å². The SMILES string of the molecule is CN1CCN(C[C@]2(O)CCN(C(=O)c3cnc(N(C)C)nc3)C2)CC1. The second-order valence-electron chi connectivity index (χ2n) is 7.45. The number of hydrogen-bond acceptors (Lipinski definition) is 7. The van der Waals surface area contributed by atoms with Crippen molar-refractivity contribution in [3.05, 3.63) is 18.0 Å². The predicted molar refractivity (Wildman–Crippen MR) is 95.8 cm³/mol. The number of hydrogen-bond donors (Lipinski definition) is 1. The summed E-state index contributed by atoms with van der Waals surface area (Å²) >= 11 is 0. The smallest absolute Gasteiger partial charge is 0.257 e. The van der Waals surface area contributed by atoms with Crippen LogP contribution >= 0.6 is 0 Å². The first-order valence-corrected chi connectivity index (χ1v) is 8.78. The molecule has 0 radical (unpaired) electrons. The van der Waals surface area contributed by atoms with Crippen LogP contribution in [-0.4, -0.2) is 108 Å². The van der Waals surface area contributed by atoms with Crippen LogP contribution in [0, 0.1) is 0 Å². The Morgan fingerprint density at radius 2 is 1.84 bits per heavy atom. The molecule has 0 spiro atoms. The maximum atomic E-state index is 12.7. The lowest BCUT2D eigenvalue weighted by atomic mass is 10.0. The Morgan fingerprint density at radius 1 is 1.20 bits per heavy atom. The molecule has 1 atom stereocenters. The molecular weight excluding hydrogens is 320 g/mol. The van der Waals surface area contributed by atoms with E-state index in [-0.39, 0.29) is 5.91 Å². The number of carbonyl (C=O) groups excluding carboxylic acids is 1. The number of carbonyl (C=O) groups is 1.